The minimum absolute atomic E-state index is 0.0172. The number of carboxylic acids is 1. The maximum Gasteiger partial charge on any atom is 0.323 e. The van der Waals surface area contributed by atoms with Crippen molar-refractivity contribution >= 4 is 16.0 Å². The van der Waals surface area contributed by atoms with Crippen molar-refractivity contribution in [1.29, 1.82) is 0 Å². The van der Waals surface area contributed by atoms with Crippen LogP contribution in [-0.4, -0.2) is 24.5 Å². The maximum atomic E-state index is 12.3. The van der Waals surface area contributed by atoms with E-state index in [1.807, 2.05) is 0 Å². The molecule has 1 atom stereocenters. The number of carboxylic acid groups (broad SMARTS) is 1. The Morgan fingerprint density at radius 2 is 1.85 bits per heavy atom. The van der Waals surface area contributed by atoms with Crippen molar-refractivity contribution in [1.82, 2.24) is 4.98 Å². The molecule has 0 saturated heterocycles. The van der Waals surface area contributed by atoms with Crippen LogP contribution in [0.25, 0.3) is 11.1 Å². The van der Waals surface area contributed by atoms with E-state index in [1.54, 1.807) is 43.3 Å². The van der Waals surface area contributed by atoms with Crippen molar-refractivity contribution in [3.8, 4) is 11.1 Å². The molecule has 140 valence electrons. The number of primary sulfonamides is 1. The monoisotopic (exact) mass is 386 g/mol. The third kappa shape index (κ3) is 3.24. The second kappa shape index (κ2) is 6.98. The number of aliphatic carboxylic acids is 1. The first-order valence-corrected chi connectivity index (χ1v) is 9.71. The molecule has 27 heavy (non-hydrogen) atoms. The molecule has 3 N–H and O–H groups in total. The zero-order chi connectivity index (χ0) is 19.7. The first kappa shape index (κ1) is 18.8. The van der Waals surface area contributed by atoms with Crippen LogP contribution in [0, 0.1) is 0 Å². The van der Waals surface area contributed by atoms with Gasteiger partial charge in [0.25, 0.3) is 0 Å². The lowest BCUT2D eigenvalue weighted by molar-refractivity contribution is -0.143. The summed E-state index contributed by atoms with van der Waals surface area (Å²) in [6.45, 7) is 1.75. The molecule has 0 bridgehead atoms. The quantitative estimate of drug-likeness (QED) is 0.671. The topological polar surface area (TPSA) is 123 Å². The van der Waals surface area contributed by atoms with Crippen LogP contribution in [0.2, 0.25) is 0 Å². The van der Waals surface area contributed by atoms with E-state index in [0.717, 1.165) is 0 Å². The SMILES string of the molecule is CCC(C(=O)O)(c1ncco1)c1ccccc1-c1ccc(S(N)(=O)=O)cc1. The maximum absolute atomic E-state index is 12.3. The summed E-state index contributed by atoms with van der Waals surface area (Å²) in [5.41, 5.74) is 0.328. The molecule has 1 unspecified atom stereocenters. The van der Waals surface area contributed by atoms with Crippen LogP contribution >= 0.6 is 0 Å². The summed E-state index contributed by atoms with van der Waals surface area (Å²) in [5, 5.41) is 15.2. The van der Waals surface area contributed by atoms with E-state index in [1.165, 1.54) is 24.6 Å². The molecule has 0 aliphatic rings. The molecule has 0 aliphatic carbocycles. The summed E-state index contributed by atoms with van der Waals surface area (Å²) in [7, 11) is -3.81. The summed E-state index contributed by atoms with van der Waals surface area (Å²) < 4.78 is 28.3. The van der Waals surface area contributed by atoms with Crippen molar-refractivity contribution in [2.75, 3.05) is 0 Å². The van der Waals surface area contributed by atoms with E-state index < -0.39 is 21.4 Å². The van der Waals surface area contributed by atoms with Gasteiger partial charge < -0.3 is 9.52 Å². The fraction of sp³-hybridized carbons (Fsp3) is 0.158. The van der Waals surface area contributed by atoms with Gasteiger partial charge in [-0.3, -0.25) is 4.79 Å². The molecule has 2 aromatic carbocycles. The summed E-state index contributed by atoms with van der Waals surface area (Å²) in [6, 6.07) is 13.0. The minimum atomic E-state index is -3.81. The van der Waals surface area contributed by atoms with Gasteiger partial charge in [0.1, 0.15) is 6.26 Å². The van der Waals surface area contributed by atoms with Crippen LogP contribution in [0.5, 0.6) is 0 Å². The zero-order valence-electron chi connectivity index (χ0n) is 14.5. The van der Waals surface area contributed by atoms with Crippen LogP contribution in [-0.2, 0) is 20.2 Å². The molecule has 3 aromatic rings. The number of benzene rings is 2. The molecular weight excluding hydrogens is 368 g/mol. The molecule has 1 heterocycles. The van der Waals surface area contributed by atoms with Crippen molar-refractivity contribution in [2.24, 2.45) is 5.14 Å². The minimum Gasteiger partial charge on any atom is -0.480 e. The lowest BCUT2D eigenvalue weighted by Gasteiger charge is -2.27. The highest BCUT2D eigenvalue weighted by atomic mass is 32.2. The third-order valence-electron chi connectivity index (χ3n) is 4.57. The summed E-state index contributed by atoms with van der Waals surface area (Å²) >= 11 is 0. The van der Waals surface area contributed by atoms with E-state index in [4.69, 9.17) is 9.56 Å². The van der Waals surface area contributed by atoms with Crippen LogP contribution in [0.4, 0.5) is 0 Å². The number of carbonyl (C=O) groups is 1. The van der Waals surface area contributed by atoms with Crippen LogP contribution in [0.1, 0.15) is 24.8 Å². The normalized spacial score (nSPS) is 13.9. The lowest BCUT2D eigenvalue weighted by atomic mass is 9.74. The van der Waals surface area contributed by atoms with E-state index in [9.17, 15) is 18.3 Å². The van der Waals surface area contributed by atoms with Crippen molar-refractivity contribution in [2.45, 2.75) is 23.7 Å². The fourth-order valence-electron chi connectivity index (χ4n) is 3.18. The number of nitrogens with zero attached hydrogens (tertiary/aromatic N) is 1. The average molecular weight is 386 g/mol. The van der Waals surface area contributed by atoms with Gasteiger partial charge in [-0.25, -0.2) is 18.5 Å². The number of hydrogen-bond donors (Lipinski definition) is 2. The molecule has 0 saturated carbocycles. The zero-order valence-corrected chi connectivity index (χ0v) is 15.3. The van der Waals surface area contributed by atoms with Gasteiger partial charge in [-0.2, -0.15) is 0 Å². The average Bonchev–Trinajstić information content (AvgIpc) is 3.17. The Hall–Kier alpha value is -2.97. The first-order chi connectivity index (χ1) is 12.8. The molecule has 0 spiro atoms. The fourth-order valence-corrected chi connectivity index (χ4v) is 3.70. The summed E-state index contributed by atoms with van der Waals surface area (Å²) in [6.07, 6.45) is 2.97. The Labute approximate surface area is 156 Å². The number of sulfonamides is 1. The predicted molar refractivity (Wildman–Crippen MR) is 98.5 cm³/mol. The Kier molecular flexibility index (Phi) is 4.86. The Bertz CT molecular complexity index is 1060. The van der Waals surface area contributed by atoms with E-state index in [0.29, 0.717) is 16.7 Å². The Balaban J connectivity index is 2.23. The van der Waals surface area contributed by atoms with Crippen molar-refractivity contribution in [3.63, 3.8) is 0 Å². The van der Waals surface area contributed by atoms with Crippen LogP contribution in [0.15, 0.2) is 70.3 Å². The number of oxazole rings is 1. The largest absolute Gasteiger partial charge is 0.480 e. The van der Waals surface area contributed by atoms with Crippen molar-refractivity contribution in [3.05, 3.63) is 72.4 Å². The van der Waals surface area contributed by atoms with Crippen molar-refractivity contribution < 1.29 is 22.7 Å². The molecule has 0 amide bonds. The lowest BCUT2D eigenvalue weighted by Crippen LogP contribution is -2.37. The third-order valence-corrected chi connectivity index (χ3v) is 5.50. The van der Waals surface area contributed by atoms with Gasteiger partial charge in [0.05, 0.1) is 11.1 Å². The molecule has 0 radical (unpaired) electrons. The van der Waals surface area contributed by atoms with Gasteiger partial charge in [-0.05, 0) is 35.2 Å². The highest BCUT2D eigenvalue weighted by molar-refractivity contribution is 7.89. The van der Waals surface area contributed by atoms with Gasteiger partial charge in [0, 0.05) is 0 Å². The smallest absolute Gasteiger partial charge is 0.323 e. The Morgan fingerprint density at radius 3 is 2.37 bits per heavy atom. The van der Waals surface area contributed by atoms with E-state index >= 15 is 0 Å². The van der Waals surface area contributed by atoms with E-state index in [2.05, 4.69) is 4.98 Å². The van der Waals surface area contributed by atoms with Gasteiger partial charge in [-0.15, -0.1) is 0 Å². The number of hydrogen-bond acceptors (Lipinski definition) is 5. The van der Waals surface area contributed by atoms with Crippen LogP contribution in [0.3, 0.4) is 0 Å². The highest BCUT2D eigenvalue weighted by Crippen LogP contribution is 2.40. The molecule has 3 rings (SSSR count). The first-order valence-electron chi connectivity index (χ1n) is 8.17. The molecule has 0 fully saturated rings. The molecule has 1 aromatic heterocycles. The molecule has 8 heteroatoms. The van der Waals surface area contributed by atoms with Gasteiger partial charge in [0.2, 0.25) is 15.9 Å². The predicted octanol–water partition coefficient (Wildman–Crippen LogP) is 2.77. The number of aromatic nitrogens is 1. The molecule has 0 aliphatic heterocycles. The molecule has 7 nitrogen and oxygen atoms in total. The van der Waals surface area contributed by atoms with E-state index in [-0.39, 0.29) is 17.2 Å². The van der Waals surface area contributed by atoms with Crippen LogP contribution < -0.4 is 5.14 Å². The standard InChI is InChI=1S/C19H18N2O5S/c1-2-19(18(22)23,17-21-11-12-26-17)16-6-4-3-5-15(16)13-7-9-14(10-8-13)27(20,24)25/h3-12H,2H2,1H3,(H,22,23)(H2,20,24,25). The second-order valence-corrected chi connectivity index (χ2v) is 7.58. The van der Waals surface area contributed by atoms with Gasteiger partial charge in [-0.1, -0.05) is 43.3 Å². The molecular formula is C19H18N2O5S. The Morgan fingerprint density at radius 1 is 1.19 bits per heavy atom. The second-order valence-electron chi connectivity index (χ2n) is 6.02. The summed E-state index contributed by atoms with van der Waals surface area (Å²) in [4.78, 5) is 16.4. The number of rotatable bonds is 6. The number of nitrogens with two attached hydrogens (primary N) is 1. The van der Waals surface area contributed by atoms with Gasteiger partial charge >= 0.3 is 5.97 Å². The summed E-state index contributed by atoms with van der Waals surface area (Å²) in [5.74, 6) is -0.993. The highest BCUT2D eigenvalue weighted by Gasteiger charge is 2.46. The van der Waals surface area contributed by atoms with Gasteiger partial charge in [0.15, 0.2) is 5.41 Å².